The fourth-order valence-electron chi connectivity index (χ4n) is 1.96. The Balaban J connectivity index is 1.91. The van der Waals surface area contributed by atoms with Crippen LogP contribution in [0.2, 0.25) is 0 Å². The third-order valence-electron chi connectivity index (χ3n) is 2.94. The third-order valence-corrected chi connectivity index (χ3v) is 2.94. The summed E-state index contributed by atoms with van der Waals surface area (Å²) in [6.45, 7) is 3.08. The van der Waals surface area contributed by atoms with Crippen molar-refractivity contribution in [2.24, 2.45) is 0 Å². The number of nitro benzene ring substituents is 1. The van der Waals surface area contributed by atoms with Gasteiger partial charge in [-0.15, -0.1) is 0 Å². The molecular weight excluding hydrogens is 270 g/mol. The second-order valence-corrected chi connectivity index (χ2v) is 4.38. The van der Waals surface area contributed by atoms with Gasteiger partial charge in [0.15, 0.2) is 0 Å². The SMILES string of the molecule is CCOc1ccc(NCCc2ccccc2[N+](=O)[O-])cn1. The minimum Gasteiger partial charge on any atom is -0.478 e. The topological polar surface area (TPSA) is 77.3 Å². The van der Waals surface area contributed by atoms with Crippen LogP contribution < -0.4 is 10.1 Å². The average molecular weight is 287 g/mol. The number of para-hydroxylation sites is 1. The van der Waals surface area contributed by atoms with Gasteiger partial charge in [-0.25, -0.2) is 4.98 Å². The zero-order chi connectivity index (χ0) is 15.1. The molecular formula is C15H17N3O3. The number of aromatic nitrogens is 1. The largest absolute Gasteiger partial charge is 0.478 e. The standard InChI is InChI=1S/C15H17N3O3/c1-2-21-15-8-7-13(11-17-15)16-10-9-12-5-3-4-6-14(12)18(19)20/h3-8,11,16H,2,9-10H2,1H3. The number of ether oxygens (including phenoxy) is 1. The summed E-state index contributed by atoms with van der Waals surface area (Å²) in [5.74, 6) is 0.585. The molecule has 1 N–H and O–H groups in total. The van der Waals surface area contributed by atoms with Crippen molar-refractivity contribution < 1.29 is 9.66 Å². The van der Waals surface area contributed by atoms with E-state index in [9.17, 15) is 10.1 Å². The van der Waals surface area contributed by atoms with Crippen LogP contribution in [0.5, 0.6) is 5.88 Å². The molecule has 0 aliphatic rings. The molecule has 0 aliphatic heterocycles. The number of nitrogens with one attached hydrogen (secondary N) is 1. The highest BCUT2D eigenvalue weighted by atomic mass is 16.6. The van der Waals surface area contributed by atoms with Crippen LogP contribution in [-0.4, -0.2) is 23.1 Å². The average Bonchev–Trinajstić information content (AvgIpc) is 2.50. The van der Waals surface area contributed by atoms with E-state index < -0.39 is 0 Å². The molecule has 1 heterocycles. The van der Waals surface area contributed by atoms with Crippen LogP contribution in [0.3, 0.4) is 0 Å². The number of anilines is 1. The van der Waals surface area contributed by atoms with Crippen LogP contribution in [0.4, 0.5) is 11.4 Å². The van der Waals surface area contributed by atoms with Crippen molar-refractivity contribution in [1.29, 1.82) is 0 Å². The van der Waals surface area contributed by atoms with Crippen LogP contribution in [0.25, 0.3) is 0 Å². The maximum Gasteiger partial charge on any atom is 0.272 e. The fourth-order valence-corrected chi connectivity index (χ4v) is 1.96. The maximum atomic E-state index is 10.9. The van der Waals surface area contributed by atoms with Crippen molar-refractivity contribution in [2.45, 2.75) is 13.3 Å². The zero-order valence-corrected chi connectivity index (χ0v) is 11.8. The Morgan fingerprint density at radius 3 is 2.76 bits per heavy atom. The minimum atomic E-state index is -0.353. The van der Waals surface area contributed by atoms with Crippen molar-refractivity contribution in [2.75, 3.05) is 18.5 Å². The molecule has 0 radical (unpaired) electrons. The van der Waals surface area contributed by atoms with Gasteiger partial charge in [0.25, 0.3) is 5.69 Å². The van der Waals surface area contributed by atoms with Crippen molar-refractivity contribution in [3.8, 4) is 5.88 Å². The monoisotopic (exact) mass is 287 g/mol. The molecule has 0 atom stereocenters. The number of hydrogen-bond acceptors (Lipinski definition) is 5. The van der Waals surface area contributed by atoms with Crippen LogP contribution in [-0.2, 0) is 6.42 Å². The van der Waals surface area contributed by atoms with E-state index in [1.54, 1.807) is 30.5 Å². The number of pyridine rings is 1. The molecule has 0 bridgehead atoms. The van der Waals surface area contributed by atoms with Gasteiger partial charge >= 0.3 is 0 Å². The molecule has 2 aromatic rings. The normalized spacial score (nSPS) is 10.1. The molecule has 0 saturated carbocycles. The van der Waals surface area contributed by atoms with Gasteiger partial charge < -0.3 is 10.1 Å². The Bertz CT molecular complexity index is 599. The lowest BCUT2D eigenvalue weighted by atomic mass is 10.1. The summed E-state index contributed by atoms with van der Waals surface area (Å²) in [7, 11) is 0. The molecule has 0 fully saturated rings. The van der Waals surface area contributed by atoms with Crippen LogP contribution >= 0.6 is 0 Å². The molecule has 21 heavy (non-hydrogen) atoms. The lowest BCUT2D eigenvalue weighted by Gasteiger charge is -2.07. The highest BCUT2D eigenvalue weighted by Gasteiger charge is 2.11. The van der Waals surface area contributed by atoms with E-state index in [-0.39, 0.29) is 10.6 Å². The lowest BCUT2D eigenvalue weighted by Crippen LogP contribution is -2.07. The summed E-state index contributed by atoms with van der Waals surface area (Å²) in [5.41, 5.74) is 1.73. The number of hydrogen-bond donors (Lipinski definition) is 1. The molecule has 1 aromatic carbocycles. The van der Waals surface area contributed by atoms with Crippen molar-refractivity contribution >= 4 is 11.4 Å². The molecule has 0 amide bonds. The van der Waals surface area contributed by atoms with Gasteiger partial charge in [0, 0.05) is 24.2 Å². The first kappa shape index (κ1) is 14.8. The number of benzene rings is 1. The second-order valence-electron chi connectivity index (χ2n) is 4.38. The van der Waals surface area contributed by atoms with Crippen molar-refractivity contribution in [3.63, 3.8) is 0 Å². The number of rotatable bonds is 7. The van der Waals surface area contributed by atoms with E-state index >= 15 is 0 Å². The predicted molar refractivity (Wildman–Crippen MR) is 80.7 cm³/mol. The molecule has 2 rings (SSSR count). The van der Waals surface area contributed by atoms with Crippen LogP contribution in [0.1, 0.15) is 12.5 Å². The first-order valence-corrected chi connectivity index (χ1v) is 6.75. The minimum absolute atomic E-state index is 0.157. The van der Waals surface area contributed by atoms with Gasteiger partial charge in [0.05, 0.1) is 23.4 Å². The van der Waals surface area contributed by atoms with Gasteiger partial charge in [-0.3, -0.25) is 10.1 Å². The van der Waals surface area contributed by atoms with E-state index in [1.807, 2.05) is 13.0 Å². The summed E-state index contributed by atoms with van der Waals surface area (Å²) >= 11 is 0. The van der Waals surface area contributed by atoms with Crippen LogP contribution in [0, 0.1) is 10.1 Å². The Hall–Kier alpha value is -2.63. The first-order valence-electron chi connectivity index (χ1n) is 6.75. The summed E-state index contributed by atoms with van der Waals surface area (Å²) in [4.78, 5) is 14.7. The summed E-state index contributed by atoms with van der Waals surface area (Å²) in [6, 6.07) is 10.4. The molecule has 6 nitrogen and oxygen atoms in total. The Morgan fingerprint density at radius 2 is 2.10 bits per heavy atom. The van der Waals surface area contributed by atoms with E-state index in [2.05, 4.69) is 10.3 Å². The molecule has 0 unspecified atom stereocenters. The molecule has 0 spiro atoms. The summed E-state index contributed by atoms with van der Waals surface area (Å²) in [5, 5.41) is 14.1. The quantitative estimate of drug-likeness (QED) is 0.625. The number of nitrogens with zero attached hydrogens (tertiary/aromatic N) is 2. The van der Waals surface area contributed by atoms with Crippen LogP contribution in [0.15, 0.2) is 42.6 Å². The van der Waals surface area contributed by atoms with Crippen molar-refractivity contribution in [3.05, 3.63) is 58.3 Å². The Labute approximate surface area is 122 Å². The molecule has 6 heteroatoms. The van der Waals surface area contributed by atoms with E-state index in [4.69, 9.17) is 4.74 Å². The fraction of sp³-hybridized carbons (Fsp3) is 0.267. The highest BCUT2D eigenvalue weighted by molar-refractivity contribution is 5.44. The highest BCUT2D eigenvalue weighted by Crippen LogP contribution is 2.18. The molecule has 0 aliphatic carbocycles. The van der Waals surface area contributed by atoms with E-state index in [1.165, 1.54) is 6.07 Å². The summed E-state index contributed by atoms with van der Waals surface area (Å²) < 4.78 is 5.26. The third kappa shape index (κ3) is 4.17. The smallest absolute Gasteiger partial charge is 0.272 e. The first-order chi connectivity index (χ1) is 10.2. The van der Waals surface area contributed by atoms with Gasteiger partial charge in [-0.05, 0) is 19.4 Å². The van der Waals surface area contributed by atoms with Gasteiger partial charge in [0.1, 0.15) is 0 Å². The van der Waals surface area contributed by atoms with Gasteiger partial charge in [-0.1, -0.05) is 18.2 Å². The molecule has 1 aromatic heterocycles. The van der Waals surface area contributed by atoms with E-state index in [0.29, 0.717) is 31.0 Å². The summed E-state index contributed by atoms with van der Waals surface area (Å²) in [6.07, 6.45) is 2.26. The van der Waals surface area contributed by atoms with Gasteiger partial charge in [-0.2, -0.15) is 0 Å². The zero-order valence-electron chi connectivity index (χ0n) is 11.8. The second kappa shape index (κ2) is 7.23. The molecule has 110 valence electrons. The Kier molecular flexibility index (Phi) is 5.09. The van der Waals surface area contributed by atoms with Crippen molar-refractivity contribution in [1.82, 2.24) is 4.98 Å². The number of nitro groups is 1. The predicted octanol–water partition coefficient (Wildman–Crippen LogP) is 3.04. The maximum absolute atomic E-state index is 10.9. The van der Waals surface area contributed by atoms with E-state index in [0.717, 1.165) is 5.69 Å². The lowest BCUT2D eigenvalue weighted by molar-refractivity contribution is -0.385. The molecule has 0 saturated heterocycles. The van der Waals surface area contributed by atoms with Gasteiger partial charge in [0.2, 0.25) is 5.88 Å². The Morgan fingerprint density at radius 1 is 1.29 bits per heavy atom.